The molecule has 4 heteroatoms. The van der Waals surface area contributed by atoms with Gasteiger partial charge in [0.1, 0.15) is 11.2 Å². The summed E-state index contributed by atoms with van der Waals surface area (Å²) in [6.45, 7) is 6.99. The lowest BCUT2D eigenvalue weighted by molar-refractivity contribution is -0.133. The van der Waals surface area contributed by atoms with E-state index in [-0.39, 0.29) is 22.5 Å². The Bertz CT molecular complexity index is 452. The van der Waals surface area contributed by atoms with Gasteiger partial charge in [0.05, 0.1) is 0 Å². The summed E-state index contributed by atoms with van der Waals surface area (Å²) in [4.78, 5) is 14.3. The molecule has 1 aromatic rings. The van der Waals surface area contributed by atoms with Crippen LogP contribution in [-0.2, 0) is 4.79 Å². The lowest BCUT2D eigenvalue weighted by Gasteiger charge is -2.27. The monoisotopic (exact) mass is 281 g/mol. The molecule has 0 saturated carbocycles. The molecule has 0 N–H and O–H groups in total. The fourth-order valence-corrected chi connectivity index (χ4v) is 3.46. The molecule has 0 bridgehead atoms. The zero-order valence-corrected chi connectivity index (χ0v) is 12.5. The van der Waals surface area contributed by atoms with E-state index >= 15 is 0 Å². The van der Waals surface area contributed by atoms with Crippen molar-refractivity contribution in [1.82, 2.24) is 4.90 Å². The van der Waals surface area contributed by atoms with E-state index < -0.39 is 0 Å². The van der Waals surface area contributed by atoms with Gasteiger partial charge in [-0.25, -0.2) is 4.39 Å². The molecule has 1 atom stereocenters. The van der Waals surface area contributed by atoms with E-state index in [9.17, 15) is 9.18 Å². The quantitative estimate of drug-likeness (QED) is 0.821. The first kappa shape index (κ1) is 14.4. The summed E-state index contributed by atoms with van der Waals surface area (Å²) in [6, 6.07) is 6.46. The van der Waals surface area contributed by atoms with Crippen LogP contribution in [0.3, 0.4) is 0 Å². The SMILES string of the molecule is CC(C)(C)CC(=O)N1CCSC1c1ccc(F)cc1. The first-order valence-corrected chi connectivity index (χ1v) is 7.58. The van der Waals surface area contributed by atoms with Crippen molar-refractivity contribution in [2.45, 2.75) is 32.6 Å². The summed E-state index contributed by atoms with van der Waals surface area (Å²) in [5.74, 6) is 0.893. The average molecular weight is 281 g/mol. The zero-order valence-electron chi connectivity index (χ0n) is 11.6. The van der Waals surface area contributed by atoms with E-state index in [4.69, 9.17) is 0 Å². The zero-order chi connectivity index (χ0) is 14.0. The van der Waals surface area contributed by atoms with Gasteiger partial charge in [-0.3, -0.25) is 4.79 Å². The number of hydrogen-bond acceptors (Lipinski definition) is 2. The minimum atomic E-state index is -0.237. The molecular formula is C15H20FNOS. The maximum absolute atomic E-state index is 13.0. The highest BCUT2D eigenvalue weighted by Crippen LogP contribution is 2.39. The lowest BCUT2D eigenvalue weighted by atomic mass is 9.91. The molecule has 1 aliphatic heterocycles. The number of nitrogens with zero attached hydrogens (tertiary/aromatic N) is 1. The normalized spacial score (nSPS) is 19.8. The Morgan fingerprint density at radius 2 is 2.00 bits per heavy atom. The number of carbonyl (C=O) groups is 1. The van der Waals surface area contributed by atoms with Crippen molar-refractivity contribution in [2.24, 2.45) is 5.41 Å². The third-order valence-corrected chi connectivity index (χ3v) is 4.31. The number of hydrogen-bond donors (Lipinski definition) is 0. The van der Waals surface area contributed by atoms with Crippen LogP contribution in [0.15, 0.2) is 24.3 Å². The number of halogens is 1. The highest BCUT2D eigenvalue weighted by Gasteiger charge is 2.32. The molecule has 19 heavy (non-hydrogen) atoms. The van der Waals surface area contributed by atoms with Crippen LogP contribution in [0.4, 0.5) is 4.39 Å². The van der Waals surface area contributed by atoms with Crippen molar-refractivity contribution < 1.29 is 9.18 Å². The van der Waals surface area contributed by atoms with Crippen LogP contribution >= 0.6 is 11.8 Å². The van der Waals surface area contributed by atoms with E-state index in [0.29, 0.717) is 6.42 Å². The van der Waals surface area contributed by atoms with Gasteiger partial charge < -0.3 is 4.90 Å². The summed E-state index contributed by atoms with van der Waals surface area (Å²) in [5.41, 5.74) is 1.00. The predicted molar refractivity (Wildman–Crippen MR) is 77.4 cm³/mol. The highest BCUT2D eigenvalue weighted by molar-refractivity contribution is 7.99. The smallest absolute Gasteiger partial charge is 0.224 e. The molecule has 0 radical (unpaired) electrons. The third kappa shape index (κ3) is 3.72. The van der Waals surface area contributed by atoms with Crippen LogP contribution in [0, 0.1) is 11.2 Å². The highest BCUT2D eigenvalue weighted by atomic mass is 32.2. The van der Waals surface area contributed by atoms with Gasteiger partial charge in [-0.05, 0) is 23.1 Å². The van der Waals surface area contributed by atoms with Crippen molar-refractivity contribution in [3.05, 3.63) is 35.6 Å². The molecule has 1 heterocycles. The molecule has 1 aliphatic rings. The third-order valence-electron chi connectivity index (χ3n) is 3.05. The standard InChI is InChI=1S/C15H20FNOS/c1-15(2,3)10-13(18)17-8-9-19-14(17)11-4-6-12(16)7-5-11/h4-7,14H,8-10H2,1-3H3. The first-order chi connectivity index (χ1) is 8.87. The van der Waals surface area contributed by atoms with Crippen molar-refractivity contribution in [2.75, 3.05) is 12.3 Å². The van der Waals surface area contributed by atoms with E-state index in [0.717, 1.165) is 17.9 Å². The number of benzene rings is 1. The Kier molecular flexibility index (Phi) is 4.19. The molecule has 1 saturated heterocycles. The molecule has 1 unspecified atom stereocenters. The minimum absolute atomic E-state index is 0.00230. The number of amides is 1. The topological polar surface area (TPSA) is 20.3 Å². The van der Waals surface area contributed by atoms with Gasteiger partial charge in [0, 0.05) is 18.7 Å². The van der Waals surface area contributed by atoms with Gasteiger partial charge in [-0.15, -0.1) is 11.8 Å². The van der Waals surface area contributed by atoms with Crippen LogP contribution < -0.4 is 0 Å². The second-order valence-electron chi connectivity index (χ2n) is 6.10. The minimum Gasteiger partial charge on any atom is -0.326 e. The van der Waals surface area contributed by atoms with Crippen molar-refractivity contribution >= 4 is 17.7 Å². The van der Waals surface area contributed by atoms with Gasteiger partial charge in [-0.1, -0.05) is 32.9 Å². The molecule has 1 amide bonds. The van der Waals surface area contributed by atoms with Crippen LogP contribution in [-0.4, -0.2) is 23.1 Å². The van der Waals surface area contributed by atoms with Crippen LogP contribution in [0.1, 0.15) is 38.1 Å². The van der Waals surface area contributed by atoms with Crippen molar-refractivity contribution in [3.63, 3.8) is 0 Å². The predicted octanol–water partition coefficient (Wildman–Crippen LogP) is 3.84. The molecule has 0 spiro atoms. The largest absolute Gasteiger partial charge is 0.326 e. The van der Waals surface area contributed by atoms with Gasteiger partial charge >= 0.3 is 0 Å². The summed E-state index contributed by atoms with van der Waals surface area (Å²) in [5, 5.41) is 0.0375. The van der Waals surface area contributed by atoms with E-state index in [1.165, 1.54) is 12.1 Å². The van der Waals surface area contributed by atoms with Gasteiger partial charge in [0.15, 0.2) is 0 Å². The molecule has 104 valence electrons. The van der Waals surface area contributed by atoms with Crippen LogP contribution in [0.5, 0.6) is 0 Å². The molecular weight excluding hydrogens is 261 g/mol. The summed E-state index contributed by atoms with van der Waals surface area (Å²) >= 11 is 1.75. The fraction of sp³-hybridized carbons (Fsp3) is 0.533. The lowest BCUT2D eigenvalue weighted by Crippen LogP contribution is -2.33. The molecule has 0 aliphatic carbocycles. The maximum atomic E-state index is 13.0. The summed E-state index contributed by atoms with van der Waals surface area (Å²) < 4.78 is 13.0. The Balaban J connectivity index is 2.12. The Morgan fingerprint density at radius 3 is 2.58 bits per heavy atom. The molecule has 0 aromatic heterocycles. The van der Waals surface area contributed by atoms with Crippen LogP contribution in [0.25, 0.3) is 0 Å². The Labute approximate surface area is 118 Å². The average Bonchev–Trinajstić information content (AvgIpc) is 2.76. The van der Waals surface area contributed by atoms with Gasteiger partial charge in [-0.2, -0.15) is 0 Å². The number of thioether (sulfide) groups is 1. The van der Waals surface area contributed by atoms with E-state index in [1.807, 2.05) is 4.90 Å². The first-order valence-electron chi connectivity index (χ1n) is 6.53. The molecule has 2 nitrogen and oxygen atoms in total. The molecule has 2 rings (SSSR count). The number of rotatable bonds is 2. The van der Waals surface area contributed by atoms with E-state index in [2.05, 4.69) is 20.8 Å². The Morgan fingerprint density at radius 1 is 1.37 bits per heavy atom. The second kappa shape index (κ2) is 5.53. The fourth-order valence-electron chi connectivity index (χ4n) is 2.18. The van der Waals surface area contributed by atoms with Crippen LogP contribution in [0.2, 0.25) is 0 Å². The molecule has 1 aromatic carbocycles. The van der Waals surface area contributed by atoms with Gasteiger partial charge in [0.2, 0.25) is 5.91 Å². The summed E-state index contributed by atoms with van der Waals surface area (Å²) in [7, 11) is 0. The maximum Gasteiger partial charge on any atom is 0.224 e. The Hall–Kier alpha value is -1.03. The summed E-state index contributed by atoms with van der Waals surface area (Å²) in [6.07, 6.45) is 0.547. The molecule has 1 fully saturated rings. The van der Waals surface area contributed by atoms with Gasteiger partial charge in [0.25, 0.3) is 0 Å². The van der Waals surface area contributed by atoms with E-state index in [1.54, 1.807) is 23.9 Å². The number of carbonyl (C=O) groups excluding carboxylic acids is 1. The van der Waals surface area contributed by atoms with Crippen molar-refractivity contribution in [3.8, 4) is 0 Å². The van der Waals surface area contributed by atoms with Crippen molar-refractivity contribution in [1.29, 1.82) is 0 Å². The second-order valence-corrected chi connectivity index (χ2v) is 7.29.